The smallest absolute Gasteiger partial charge is 0.320 e. The first-order valence-electron chi connectivity index (χ1n) is 7.95. The van der Waals surface area contributed by atoms with E-state index in [2.05, 4.69) is 21.2 Å². The maximum atomic E-state index is 12.6. The van der Waals surface area contributed by atoms with E-state index in [1.807, 2.05) is 23.1 Å². The number of anilines is 1. The van der Waals surface area contributed by atoms with Gasteiger partial charge in [0.1, 0.15) is 5.58 Å². The summed E-state index contributed by atoms with van der Waals surface area (Å²) in [6.07, 6.45) is 3.24. The minimum absolute atomic E-state index is 0.105. The summed E-state index contributed by atoms with van der Waals surface area (Å²) < 4.78 is 11.1. The highest BCUT2D eigenvalue weighted by Crippen LogP contribution is 2.29. The summed E-state index contributed by atoms with van der Waals surface area (Å²) in [5.41, 5.74) is 1.45. The lowest BCUT2D eigenvalue weighted by Crippen LogP contribution is -2.42. The number of esters is 1. The molecule has 1 aromatic heterocycles. The van der Waals surface area contributed by atoms with Gasteiger partial charge in [0.15, 0.2) is 0 Å². The van der Waals surface area contributed by atoms with Crippen molar-refractivity contribution in [2.24, 2.45) is 0 Å². The lowest BCUT2D eigenvalue weighted by atomic mass is 10.2. The molecule has 1 aliphatic heterocycles. The molecular weight excluding hydrogens is 376 g/mol. The second-order valence-corrected chi connectivity index (χ2v) is 6.57. The summed E-state index contributed by atoms with van der Waals surface area (Å²) in [7, 11) is 0. The highest BCUT2D eigenvalue weighted by atomic mass is 79.9. The lowest BCUT2D eigenvalue weighted by molar-refractivity contribution is -0.144. The van der Waals surface area contributed by atoms with E-state index in [9.17, 15) is 9.59 Å². The van der Waals surface area contributed by atoms with Crippen LogP contribution in [0.3, 0.4) is 0 Å². The Hall–Kier alpha value is -1.86. The third-order valence-electron chi connectivity index (χ3n) is 4.08. The van der Waals surface area contributed by atoms with Crippen LogP contribution < -0.4 is 5.32 Å². The molecule has 2 aromatic rings. The van der Waals surface area contributed by atoms with E-state index < -0.39 is 0 Å². The van der Waals surface area contributed by atoms with Crippen molar-refractivity contribution >= 4 is 44.5 Å². The van der Waals surface area contributed by atoms with E-state index in [1.165, 1.54) is 0 Å². The van der Waals surface area contributed by atoms with Crippen LogP contribution in [0.4, 0.5) is 5.69 Å². The number of carbonyl (C=O) groups is 2. The van der Waals surface area contributed by atoms with E-state index in [4.69, 9.17) is 9.15 Å². The number of nitrogens with one attached hydrogen (secondary N) is 1. The van der Waals surface area contributed by atoms with Crippen molar-refractivity contribution in [2.45, 2.75) is 25.8 Å². The van der Waals surface area contributed by atoms with E-state index >= 15 is 0 Å². The third kappa shape index (κ3) is 3.62. The molecular formula is C17H19BrN2O4. The molecule has 0 bridgehead atoms. The topological polar surface area (TPSA) is 71.8 Å². The number of hydrogen-bond donors (Lipinski definition) is 1. The summed E-state index contributed by atoms with van der Waals surface area (Å²) in [5.74, 6) is -0.397. The number of halogens is 1. The molecule has 0 radical (unpaired) electrons. The molecule has 0 aliphatic carbocycles. The van der Waals surface area contributed by atoms with Gasteiger partial charge in [-0.1, -0.05) is 0 Å². The molecule has 1 aromatic carbocycles. The second-order valence-electron chi connectivity index (χ2n) is 5.72. The van der Waals surface area contributed by atoms with Gasteiger partial charge in [-0.3, -0.25) is 14.5 Å². The molecule has 0 spiro atoms. The van der Waals surface area contributed by atoms with Crippen molar-refractivity contribution in [1.29, 1.82) is 0 Å². The molecule has 0 unspecified atom stereocenters. The highest BCUT2D eigenvalue weighted by molar-refractivity contribution is 9.10. The second kappa shape index (κ2) is 7.36. The van der Waals surface area contributed by atoms with Crippen LogP contribution in [-0.2, 0) is 14.3 Å². The zero-order chi connectivity index (χ0) is 17.1. The Morgan fingerprint density at radius 1 is 1.46 bits per heavy atom. The van der Waals surface area contributed by atoms with Crippen LogP contribution in [0, 0.1) is 0 Å². The number of carbonyl (C=O) groups excluding carboxylic acids is 2. The number of rotatable bonds is 5. The van der Waals surface area contributed by atoms with Crippen LogP contribution >= 0.6 is 15.9 Å². The molecule has 1 fully saturated rings. The monoisotopic (exact) mass is 394 g/mol. The lowest BCUT2D eigenvalue weighted by Gasteiger charge is -2.22. The number of ether oxygens (including phenoxy) is 1. The fraction of sp³-hybridized carbons (Fsp3) is 0.412. The van der Waals surface area contributed by atoms with Crippen molar-refractivity contribution in [2.75, 3.05) is 25.0 Å². The average molecular weight is 395 g/mol. The average Bonchev–Trinajstić information content (AvgIpc) is 3.16. The van der Waals surface area contributed by atoms with Crippen LogP contribution in [0.15, 0.2) is 33.4 Å². The maximum absolute atomic E-state index is 12.6. The minimum Gasteiger partial charge on any atom is -0.465 e. The number of nitrogens with zero attached hydrogens (tertiary/aromatic N) is 1. The largest absolute Gasteiger partial charge is 0.465 e. The summed E-state index contributed by atoms with van der Waals surface area (Å²) in [4.78, 5) is 26.2. The highest BCUT2D eigenvalue weighted by Gasteiger charge is 2.32. The van der Waals surface area contributed by atoms with E-state index in [0.29, 0.717) is 12.3 Å². The van der Waals surface area contributed by atoms with Gasteiger partial charge in [-0.2, -0.15) is 0 Å². The van der Waals surface area contributed by atoms with Gasteiger partial charge < -0.3 is 14.5 Å². The first-order valence-corrected chi connectivity index (χ1v) is 8.75. The predicted molar refractivity (Wildman–Crippen MR) is 93.8 cm³/mol. The number of hydrogen-bond acceptors (Lipinski definition) is 5. The number of furan rings is 1. The van der Waals surface area contributed by atoms with Crippen molar-refractivity contribution in [3.63, 3.8) is 0 Å². The SMILES string of the molecule is CCOC(=O)CN1CCC[C@H]1C(=O)Nc1cc(Br)c2occc2c1. The van der Waals surface area contributed by atoms with Crippen molar-refractivity contribution < 1.29 is 18.7 Å². The third-order valence-corrected chi connectivity index (χ3v) is 4.67. The van der Waals surface area contributed by atoms with Crippen molar-refractivity contribution in [1.82, 2.24) is 4.90 Å². The van der Waals surface area contributed by atoms with Crippen molar-refractivity contribution in [3.8, 4) is 0 Å². The first kappa shape index (κ1) is 17.0. The van der Waals surface area contributed by atoms with Gasteiger partial charge >= 0.3 is 5.97 Å². The molecule has 24 heavy (non-hydrogen) atoms. The molecule has 7 heteroatoms. The Bertz CT molecular complexity index is 758. The van der Waals surface area contributed by atoms with Gasteiger partial charge in [-0.05, 0) is 60.4 Å². The number of amides is 1. The minimum atomic E-state index is -0.312. The van der Waals surface area contributed by atoms with E-state index in [-0.39, 0.29) is 24.5 Å². The summed E-state index contributed by atoms with van der Waals surface area (Å²) >= 11 is 3.45. The maximum Gasteiger partial charge on any atom is 0.320 e. The fourth-order valence-electron chi connectivity index (χ4n) is 3.02. The Morgan fingerprint density at radius 3 is 3.08 bits per heavy atom. The van der Waals surface area contributed by atoms with Crippen molar-refractivity contribution in [3.05, 3.63) is 28.9 Å². The number of benzene rings is 1. The van der Waals surface area contributed by atoms with Crippen LogP contribution in [0.2, 0.25) is 0 Å². The molecule has 2 heterocycles. The Kier molecular flexibility index (Phi) is 5.20. The first-order chi connectivity index (χ1) is 11.6. The standard InChI is InChI=1S/C17H19BrN2O4/c1-2-23-15(21)10-20-6-3-4-14(20)17(22)19-12-8-11-5-7-24-16(11)13(18)9-12/h5,7-9,14H,2-4,6,10H2,1H3,(H,19,22)/t14-/m0/s1. The van der Waals surface area contributed by atoms with Crippen LogP contribution in [0.25, 0.3) is 11.0 Å². The Balaban J connectivity index is 1.69. The zero-order valence-corrected chi connectivity index (χ0v) is 15.0. The van der Waals surface area contributed by atoms with Gasteiger partial charge in [0, 0.05) is 11.1 Å². The Labute approximate surface area is 148 Å². The molecule has 1 amide bonds. The Morgan fingerprint density at radius 2 is 2.29 bits per heavy atom. The molecule has 1 N–H and O–H groups in total. The molecule has 128 valence electrons. The number of likely N-dealkylation sites (tertiary alicyclic amines) is 1. The number of fused-ring (bicyclic) bond motifs is 1. The van der Waals surface area contributed by atoms with Crippen LogP contribution in [-0.4, -0.2) is 42.5 Å². The molecule has 1 aliphatic rings. The van der Waals surface area contributed by atoms with Gasteiger partial charge in [0.2, 0.25) is 5.91 Å². The van der Waals surface area contributed by atoms with Gasteiger partial charge in [-0.15, -0.1) is 0 Å². The zero-order valence-electron chi connectivity index (χ0n) is 13.4. The summed E-state index contributed by atoms with van der Waals surface area (Å²) in [6, 6.07) is 5.21. The predicted octanol–water partition coefficient (Wildman–Crippen LogP) is 3.16. The van der Waals surface area contributed by atoms with Gasteiger partial charge in [0.05, 0.1) is 29.9 Å². The summed E-state index contributed by atoms with van der Waals surface area (Å²) in [5, 5.41) is 3.85. The molecule has 3 rings (SSSR count). The normalized spacial score (nSPS) is 18.0. The van der Waals surface area contributed by atoms with Crippen LogP contribution in [0.5, 0.6) is 0 Å². The molecule has 6 nitrogen and oxygen atoms in total. The molecule has 1 saturated heterocycles. The van der Waals surface area contributed by atoms with Crippen LogP contribution in [0.1, 0.15) is 19.8 Å². The van der Waals surface area contributed by atoms with E-state index in [1.54, 1.807) is 13.2 Å². The molecule has 1 atom stereocenters. The van der Waals surface area contributed by atoms with Gasteiger partial charge in [0.25, 0.3) is 0 Å². The molecule has 0 saturated carbocycles. The van der Waals surface area contributed by atoms with E-state index in [0.717, 1.165) is 34.8 Å². The summed E-state index contributed by atoms with van der Waals surface area (Å²) in [6.45, 7) is 3.00. The fourth-order valence-corrected chi connectivity index (χ4v) is 3.59. The quantitative estimate of drug-likeness (QED) is 0.788. The van der Waals surface area contributed by atoms with Gasteiger partial charge in [-0.25, -0.2) is 0 Å².